The largest absolute Gasteiger partial charge is 0.498 e. The molecule has 224 valence electrons. The Morgan fingerprint density at radius 1 is 1.02 bits per heavy atom. The van der Waals surface area contributed by atoms with Crippen LogP contribution >= 0.6 is 0 Å². The molecule has 0 radical (unpaired) electrons. The van der Waals surface area contributed by atoms with Crippen molar-refractivity contribution in [3.8, 4) is 11.5 Å². The normalized spacial score (nSPS) is 27.2. The smallest absolute Gasteiger partial charge is 0.339 e. The Morgan fingerprint density at radius 2 is 1.80 bits per heavy atom. The van der Waals surface area contributed by atoms with Crippen LogP contribution in [0.1, 0.15) is 70.4 Å². The number of esters is 2. The van der Waals surface area contributed by atoms with Crippen LogP contribution in [-0.2, 0) is 41.4 Å². The van der Waals surface area contributed by atoms with E-state index in [9.17, 15) is 9.59 Å². The number of carbonyl (C=O) groups excluding carboxylic acids is 2. The molecule has 9 heteroatoms. The van der Waals surface area contributed by atoms with Crippen molar-refractivity contribution < 1.29 is 38.0 Å². The summed E-state index contributed by atoms with van der Waals surface area (Å²) in [4.78, 5) is 28.9. The third-order valence-corrected chi connectivity index (χ3v) is 8.76. The van der Waals surface area contributed by atoms with Gasteiger partial charge in [0, 0.05) is 12.1 Å². The molecule has 0 aromatic heterocycles. The Kier molecular flexibility index (Phi) is 8.66. The first-order valence-electron chi connectivity index (χ1n) is 14.7. The monoisotopic (exact) mass is 569 g/mol. The molecule has 2 saturated heterocycles. The second-order valence-electron chi connectivity index (χ2n) is 12.1. The number of fused-ring (bicyclic) bond motifs is 3. The number of ether oxygens (including phenoxy) is 6. The average Bonchev–Trinajstić information content (AvgIpc) is 3.52. The van der Waals surface area contributed by atoms with E-state index in [-0.39, 0.29) is 32.0 Å². The fourth-order valence-corrected chi connectivity index (χ4v) is 6.73. The van der Waals surface area contributed by atoms with Crippen LogP contribution in [0.25, 0.3) is 0 Å². The first-order chi connectivity index (χ1) is 19.7. The highest BCUT2D eigenvalue weighted by molar-refractivity contribution is 5.86. The lowest BCUT2D eigenvalue weighted by Gasteiger charge is -2.43. The van der Waals surface area contributed by atoms with Crippen LogP contribution in [0.2, 0.25) is 0 Å². The number of carbonyl (C=O) groups is 2. The van der Waals surface area contributed by atoms with Crippen molar-refractivity contribution in [3.63, 3.8) is 0 Å². The summed E-state index contributed by atoms with van der Waals surface area (Å²) >= 11 is 0. The number of benzene rings is 1. The van der Waals surface area contributed by atoms with E-state index in [1.807, 2.05) is 26.8 Å². The lowest BCUT2D eigenvalue weighted by atomic mass is 9.84. The molecule has 1 aromatic rings. The van der Waals surface area contributed by atoms with Crippen molar-refractivity contribution >= 4 is 11.9 Å². The molecule has 0 N–H and O–H groups in total. The quantitative estimate of drug-likeness (QED) is 0.239. The van der Waals surface area contributed by atoms with Gasteiger partial charge in [-0.25, -0.2) is 4.79 Å². The zero-order valence-electron chi connectivity index (χ0n) is 24.8. The molecule has 0 bridgehead atoms. The summed E-state index contributed by atoms with van der Waals surface area (Å²) in [7, 11) is 1.60. The first kappa shape index (κ1) is 29.5. The number of rotatable bonds is 9. The molecule has 0 spiro atoms. The minimum absolute atomic E-state index is 0.0436. The van der Waals surface area contributed by atoms with Gasteiger partial charge in [-0.3, -0.25) is 9.69 Å². The molecule has 2 atom stereocenters. The van der Waals surface area contributed by atoms with Crippen LogP contribution in [0.4, 0.5) is 0 Å². The predicted molar refractivity (Wildman–Crippen MR) is 152 cm³/mol. The zero-order valence-corrected chi connectivity index (χ0v) is 24.8. The molecular formula is C32H43NO8. The summed E-state index contributed by atoms with van der Waals surface area (Å²) in [6, 6.07) is 4.23. The van der Waals surface area contributed by atoms with Crippen molar-refractivity contribution in [1.29, 1.82) is 0 Å². The zero-order chi connectivity index (χ0) is 29.1. The molecule has 1 aromatic carbocycles. The van der Waals surface area contributed by atoms with Crippen molar-refractivity contribution in [2.45, 2.75) is 88.9 Å². The summed E-state index contributed by atoms with van der Waals surface area (Å²) in [5.41, 5.74) is 0.313. The molecule has 4 heterocycles. The number of hydrogen-bond acceptors (Lipinski definition) is 9. The molecule has 4 aliphatic rings. The van der Waals surface area contributed by atoms with Gasteiger partial charge >= 0.3 is 11.9 Å². The summed E-state index contributed by atoms with van der Waals surface area (Å²) in [6.07, 6.45) is 11.2. The van der Waals surface area contributed by atoms with Gasteiger partial charge in [-0.2, -0.15) is 0 Å². The van der Waals surface area contributed by atoms with Gasteiger partial charge in [0.25, 0.3) is 0 Å². The third kappa shape index (κ3) is 6.41. The number of hydrogen-bond donors (Lipinski definition) is 0. The van der Waals surface area contributed by atoms with Gasteiger partial charge in [0.05, 0.1) is 19.1 Å². The first-order valence-corrected chi connectivity index (χ1v) is 14.7. The molecule has 41 heavy (non-hydrogen) atoms. The SMILES string of the molecule is C/C=C/COC(=O)CC1(C(=O)OC/C(=C\[C@@]23CCCN2CCc2cc4c(cc2C3)OCO4)OC)CCCC(C)(C)O1. The maximum atomic E-state index is 13.7. The van der Waals surface area contributed by atoms with Gasteiger partial charge in [-0.05, 0) is 102 Å². The van der Waals surface area contributed by atoms with Gasteiger partial charge < -0.3 is 28.4 Å². The maximum absolute atomic E-state index is 13.7. The fraction of sp³-hybridized carbons (Fsp3) is 0.625. The molecule has 9 nitrogen and oxygen atoms in total. The van der Waals surface area contributed by atoms with Gasteiger partial charge in [0.15, 0.2) is 17.1 Å². The Hall–Kier alpha value is -3.04. The number of nitrogens with zero attached hydrogens (tertiary/aromatic N) is 1. The van der Waals surface area contributed by atoms with E-state index in [1.165, 1.54) is 11.1 Å². The van der Waals surface area contributed by atoms with E-state index in [2.05, 4.69) is 23.1 Å². The Morgan fingerprint density at radius 3 is 2.54 bits per heavy atom. The van der Waals surface area contributed by atoms with E-state index in [0.29, 0.717) is 12.2 Å². The minimum atomic E-state index is -1.39. The minimum Gasteiger partial charge on any atom is -0.498 e. The van der Waals surface area contributed by atoms with E-state index in [1.54, 1.807) is 13.2 Å². The Labute approximate surface area is 242 Å². The van der Waals surface area contributed by atoms with Crippen molar-refractivity contribution in [1.82, 2.24) is 4.90 Å². The number of methoxy groups -OCH3 is 1. The highest BCUT2D eigenvalue weighted by atomic mass is 16.7. The van der Waals surface area contributed by atoms with Gasteiger partial charge in [0.2, 0.25) is 6.79 Å². The van der Waals surface area contributed by atoms with Crippen LogP contribution in [-0.4, -0.2) is 73.8 Å². The summed E-state index contributed by atoms with van der Waals surface area (Å²) in [5, 5.41) is 0. The maximum Gasteiger partial charge on any atom is 0.339 e. The van der Waals surface area contributed by atoms with Crippen LogP contribution in [0.5, 0.6) is 11.5 Å². The van der Waals surface area contributed by atoms with Crippen molar-refractivity contribution in [2.75, 3.05) is 40.2 Å². The van der Waals surface area contributed by atoms with E-state index < -0.39 is 23.1 Å². The predicted octanol–water partition coefficient (Wildman–Crippen LogP) is 4.65. The van der Waals surface area contributed by atoms with E-state index in [0.717, 1.165) is 63.1 Å². The topological polar surface area (TPSA) is 92.8 Å². The summed E-state index contributed by atoms with van der Waals surface area (Å²) in [5.74, 6) is 1.14. The van der Waals surface area contributed by atoms with Crippen LogP contribution in [0, 0.1) is 0 Å². The highest BCUT2D eigenvalue weighted by Crippen LogP contribution is 2.43. The van der Waals surface area contributed by atoms with E-state index >= 15 is 0 Å². The molecular weight excluding hydrogens is 526 g/mol. The fourth-order valence-electron chi connectivity index (χ4n) is 6.73. The molecule has 0 saturated carbocycles. The molecule has 5 rings (SSSR count). The Balaban J connectivity index is 1.34. The van der Waals surface area contributed by atoms with Crippen LogP contribution in [0.3, 0.4) is 0 Å². The molecule has 2 fully saturated rings. The molecule has 1 unspecified atom stereocenters. The summed E-state index contributed by atoms with van der Waals surface area (Å²) < 4.78 is 34.6. The number of allylic oxidation sites excluding steroid dienone is 1. The van der Waals surface area contributed by atoms with Gasteiger partial charge in [0.1, 0.15) is 19.0 Å². The second-order valence-corrected chi connectivity index (χ2v) is 12.1. The van der Waals surface area contributed by atoms with E-state index in [4.69, 9.17) is 28.4 Å². The lowest BCUT2D eigenvalue weighted by Crippen LogP contribution is -2.53. The molecule has 0 aliphatic carbocycles. The van der Waals surface area contributed by atoms with Gasteiger partial charge in [-0.1, -0.05) is 12.2 Å². The van der Waals surface area contributed by atoms with Crippen LogP contribution in [0.15, 0.2) is 36.1 Å². The highest BCUT2D eigenvalue weighted by Gasteiger charge is 2.50. The molecule has 4 aliphatic heterocycles. The van der Waals surface area contributed by atoms with Crippen LogP contribution < -0.4 is 9.47 Å². The lowest BCUT2D eigenvalue weighted by molar-refractivity contribution is -0.212. The standard InChI is InChI=1S/C32H43NO8/c1-5-6-15-37-28(34)20-32(12-7-10-30(2,3)41-32)29(35)38-21-25(36-4)19-31-11-8-13-33(31)14-9-23-16-26-27(40-22-39-26)17-24(23)18-31/h5-6,16-17,19H,7-15,18,20-22H2,1-4H3/b6-5+,25-19+/t31-,32?/m0/s1. The van der Waals surface area contributed by atoms with Crippen molar-refractivity contribution in [3.05, 3.63) is 47.2 Å². The van der Waals surface area contributed by atoms with Gasteiger partial charge in [-0.15, -0.1) is 0 Å². The average molecular weight is 570 g/mol. The Bertz CT molecular complexity index is 1210. The summed E-state index contributed by atoms with van der Waals surface area (Å²) in [6.45, 7) is 8.01. The third-order valence-electron chi connectivity index (χ3n) is 8.76. The van der Waals surface area contributed by atoms with Crippen molar-refractivity contribution in [2.24, 2.45) is 0 Å². The molecule has 0 amide bonds. The second kappa shape index (κ2) is 12.1.